The molecule has 0 bridgehead atoms. The van der Waals surface area contributed by atoms with Gasteiger partial charge >= 0.3 is 5.69 Å². The SMILES string of the molecule is Cc1ccsc1C(=O)N1CCCC(c2ccnc(=O)[nH]2)C1. The van der Waals surface area contributed by atoms with Crippen LogP contribution < -0.4 is 5.69 Å². The fourth-order valence-corrected chi connectivity index (χ4v) is 3.66. The summed E-state index contributed by atoms with van der Waals surface area (Å²) in [7, 11) is 0. The molecule has 0 radical (unpaired) electrons. The molecule has 1 amide bonds. The molecule has 0 saturated carbocycles. The fraction of sp³-hybridized carbons (Fsp3) is 0.400. The number of aromatic nitrogens is 2. The average molecular weight is 303 g/mol. The molecule has 1 N–H and O–H groups in total. The predicted molar refractivity (Wildman–Crippen MR) is 81.8 cm³/mol. The number of carbonyl (C=O) groups is 1. The van der Waals surface area contributed by atoms with E-state index in [0.29, 0.717) is 6.54 Å². The second-order valence-electron chi connectivity index (χ2n) is 5.35. The lowest BCUT2D eigenvalue weighted by atomic mass is 9.94. The molecule has 21 heavy (non-hydrogen) atoms. The fourth-order valence-electron chi connectivity index (χ4n) is 2.77. The Labute approximate surface area is 126 Å². The highest BCUT2D eigenvalue weighted by atomic mass is 32.1. The highest BCUT2D eigenvalue weighted by Gasteiger charge is 2.27. The Morgan fingerprint density at radius 3 is 3.05 bits per heavy atom. The number of aryl methyl sites for hydroxylation is 1. The summed E-state index contributed by atoms with van der Waals surface area (Å²) in [5.74, 6) is 0.280. The molecule has 1 atom stereocenters. The quantitative estimate of drug-likeness (QED) is 0.924. The molecular formula is C15H17N3O2S. The molecule has 2 aromatic heterocycles. The van der Waals surface area contributed by atoms with Crippen LogP contribution in [-0.2, 0) is 0 Å². The van der Waals surface area contributed by atoms with Gasteiger partial charge in [-0.15, -0.1) is 11.3 Å². The number of hydrogen-bond donors (Lipinski definition) is 1. The van der Waals surface area contributed by atoms with Gasteiger partial charge in [0, 0.05) is 30.9 Å². The van der Waals surface area contributed by atoms with Crippen LogP contribution in [0.15, 0.2) is 28.5 Å². The van der Waals surface area contributed by atoms with E-state index in [1.807, 2.05) is 29.3 Å². The minimum Gasteiger partial charge on any atom is -0.337 e. The molecule has 3 heterocycles. The summed E-state index contributed by atoms with van der Waals surface area (Å²) in [6.45, 7) is 3.39. The van der Waals surface area contributed by atoms with Gasteiger partial charge in [-0.3, -0.25) is 4.79 Å². The maximum Gasteiger partial charge on any atom is 0.345 e. The number of piperidine rings is 1. The average Bonchev–Trinajstić information content (AvgIpc) is 2.93. The van der Waals surface area contributed by atoms with Crippen molar-refractivity contribution in [1.82, 2.24) is 14.9 Å². The van der Waals surface area contributed by atoms with Crippen LogP contribution in [0.2, 0.25) is 0 Å². The molecule has 1 aliphatic rings. The Bertz CT molecular complexity index is 707. The molecule has 0 aromatic carbocycles. The maximum absolute atomic E-state index is 12.6. The minimum atomic E-state index is -0.329. The highest BCUT2D eigenvalue weighted by Crippen LogP contribution is 2.27. The van der Waals surface area contributed by atoms with Crippen LogP contribution >= 0.6 is 11.3 Å². The molecule has 2 aromatic rings. The number of aromatic amines is 1. The van der Waals surface area contributed by atoms with Gasteiger partial charge in [-0.25, -0.2) is 9.78 Å². The van der Waals surface area contributed by atoms with E-state index in [1.54, 1.807) is 0 Å². The largest absolute Gasteiger partial charge is 0.345 e. The first kappa shape index (κ1) is 14.0. The van der Waals surface area contributed by atoms with Gasteiger partial charge in [0.2, 0.25) is 0 Å². The normalized spacial score (nSPS) is 18.7. The Morgan fingerprint density at radius 1 is 1.48 bits per heavy atom. The van der Waals surface area contributed by atoms with E-state index in [-0.39, 0.29) is 17.5 Å². The summed E-state index contributed by atoms with van der Waals surface area (Å²) in [5, 5.41) is 1.95. The Kier molecular flexibility index (Phi) is 3.88. The van der Waals surface area contributed by atoms with Gasteiger partial charge in [0.15, 0.2) is 0 Å². The van der Waals surface area contributed by atoms with E-state index in [1.165, 1.54) is 17.5 Å². The van der Waals surface area contributed by atoms with Gasteiger partial charge in [-0.05, 0) is 42.8 Å². The molecule has 5 nitrogen and oxygen atoms in total. The van der Waals surface area contributed by atoms with Crippen LogP contribution in [0.5, 0.6) is 0 Å². The van der Waals surface area contributed by atoms with Crippen molar-refractivity contribution in [2.45, 2.75) is 25.7 Å². The highest BCUT2D eigenvalue weighted by molar-refractivity contribution is 7.12. The Balaban J connectivity index is 1.79. The number of carbonyl (C=O) groups excluding carboxylic acids is 1. The number of thiophene rings is 1. The van der Waals surface area contributed by atoms with Crippen LogP contribution in [0.3, 0.4) is 0 Å². The van der Waals surface area contributed by atoms with Gasteiger partial charge in [-0.2, -0.15) is 0 Å². The summed E-state index contributed by atoms with van der Waals surface area (Å²) < 4.78 is 0. The molecule has 1 fully saturated rings. The topological polar surface area (TPSA) is 66.1 Å². The van der Waals surface area contributed by atoms with Crippen LogP contribution in [0, 0.1) is 6.92 Å². The number of likely N-dealkylation sites (tertiary alicyclic amines) is 1. The van der Waals surface area contributed by atoms with E-state index >= 15 is 0 Å². The predicted octanol–water partition coefficient (Wildman–Crippen LogP) is 2.16. The van der Waals surface area contributed by atoms with Crippen molar-refractivity contribution >= 4 is 17.2 Å². The monoisotopic (exact) mass is 303 g/mol. The maximum atomic E-state index is 12.6. The lowest BCUT2D eigenvalue weighted by Gasteiger charge is -2.32. The van der Waals surface area contributed by atoms with Crippen LogP contribution in [0.1, 0.15) is 39.7 Å². The van der Waals surface area contributed by atoms with Gasteiger partial charge in [-0.1, -0.05) is 0 Å². The third-order valence-electron chi connectivity index (χ3n) is 3.90. The number of nitrogens with zero attached hydrogens (tertiary/aromatic N) is 2. The zero-order chi connectivity index (χ0) is 14.8. The van der Waals surface area contributed by atoms with Gasteiger partial charge in [0.05, 0.1) is 4.88 Å². The van der Waals surface area contributed by atoms with Gasteiger partial charge < -0.3 is 9.88 Å². The van der Waals surface area contributed by atoms with Crippen molar-refractivity contribution < 1.29 is 4.79 Å². The lowest BCUT2D eigenvalue weighted by Crippen LogP contribution is -2.39. The van der Waals surface area contributed by atoms with Crippen molar-refractivity contribution in [3.8, 4) is 0 Å². The first-order chi connectivity index (χ1) is 10.1. The number of rotatable bonds is 2. The summed E-state index contributed by atoms with van der Waals surface area (Å²) >= 11 is 1.49. The van der Waals surface area contributed by atoms with E-state index in [0.717, 1.165) is 35.5 Å². The molecule has 110 valence electrons. The standard InChI is InChI=1S/C15H17N3O2S/c1-10-5-8-21-13(10)14(19)18-7-2-3-11(9-18)12-4-6-16-15(20)17-12/h4-6,8,11H,2-3,7,9H2,1H3,(H,16,17,20). The molecular weight excluding hydrogens is 286 g/mol. The van der Waals surface area contributed by atoms with E-state index < -0.39 is 0 Å². The van der Waals surface area contributed by atoms with E-state index in [9.17, 15) is 9.59 Å². The molecule has 6 heteroatoms. The smallest absolute Gasteiger partial charge is 0.337 e. The molecule has 1 unspecified atom stereocenters. The summed E-state index contributed by atoms with van der Waals surface area (Å²) in [5.41, 5.74) is 1.57. The molecule has 0 spiro atoms. The van der Waals surface area contributed by atoms with Crippen molar-refractivity contribution in [2.24, 2.45) is 0 Å². The van der Waals surface area contributed by atoms with Crippen molar-refractivity contribution in [3.63, 3.8) is 0 Å². The summed E-state index contributed by atoms with van der Waals surface area (Å²) in [6, 6.07) is 3.80. The minimum absolute atomic E-state index is 0.101. The second-order valence-corrected chi connectivity index (χ2v) is 6.27. The van der Waals surface area contributed by atoms with E-state index in [4.69, 9.17) is 0 Å². The van der Waals surface area contributed by atoms with Crippen molar-refractivity contribution in [1.29, 1.82) is 0 Å². The third-order valence-corrected chi connectivity index (χ3v) is 4.91. The zero-order valence-corrected chi connectivity index (χ0v) is 12.7. The third kappa shape index (κ3) is 2.90. The summed E-state index contributed by atoms with van der Waals surface area (Å²) in [6.07, 6.45) is 3.46. The second kappa shape index (κ2) is 5.81. The lowest BCUT2D eigenvalue weighted by molar-refractivity contribution is 0.0710. The molecule has 1 aliphatic heterocycles. The molecule has 0 aliphatic carbocycles. The van der Waals surface area contributed by atoms with Crippen LogP contribution in [0.25, 0.3) is 0 Å². The molecule has 1 saturated heterocycles. The van der Waals surface area contributed by atoms with Crippen LogP contribution in [0.4, 0.5) is 0 Å². The number of nitrogens with one attached hydrogen (secondary N) is 1. The first-order valence-corrected chi connectivity index (χ1v) is 7.91. The Hall–Kier alpha value is -1.95. The van der Waals surface area contributed by atoms with Crippen LogP contribution in [-0.4, -0.2) is 33.9 Å². The van der Waals surface area contributed by atoms with E-state index in [2.05, 4.69) is 9.97 Å². The molecule has 3 rings (SSSR count). The van der Waals surface area contributed by atoms with Crippen molar-refractivity contribution in [3.05, 3.63) is 50.3 Å². The number of hydrogen-bond acceptors (Lipinski definition) is 4. The first-order valence-electron chi connectivity index (χ1n) is 7.04. The summed E-state index contributed by atoms with van der Waals surface area (Å²) in [4.78, 5) is 33.1. The number of amides is 1. The van der Waals surface area contributed by atoms with Crippen molar-refractivity contribution in [2.75, 3.05) is 13.1 Å². The number of H-pyrrole nitrogens is 1. The van der Waals surface area contributed by atoms with Gasteiger partial charge in [0.25, 0.3) is 5.91 Å². The zero-order valence-electron chi connectivity index (χ0n) is 11.8. The Morgan fingerprint density at radius 2 is 2.33 bits per heavy atom. The van der Waals surface area contributed by atoms with Gasteiger partial charge in [0.1, 0.15) is 0 Å².